The second-order valence-corrected chi connectivity index (χ2v) is 7.21. The number of carboxylic acids is 1. The number of hydrogen-bond acceptors (Lipinski definition) is 6. The molecular weight excluding hydrogens is 436 g/mol. The number of nitrogens with zero attached hydrogens (tertiary/aromatic N) is 1. The van der Waals surface area contributed by atoms with Crippen LogP contribution in [0.2, 0.25) is 0 Å². The van der Waals surface area contributed by atoms with Crippen LogP contribution in [-0.2, 0) is 4.84 Å². The van der Waals surface area contributed by atoms with E-state index in [4.69, 9.17) is 4.84 Å². The van der Waals surface area contributed by atoms with Gasteiger partial charge in [-0.2, -0.15) is 17.6 Å². The molecule has 1 aliphatic rings. The van der Waals surface area contributed by atoms with Crippen LogP contribution in [0.1, 0.15) is 24.2 Å². The zero-order valence-electron chi connectivity index (χ0n) is 17.0. The van der Waals surface area contributed by atoms with Gasteiger partial charge in [0, 0.05) is 24.0 Å². The summed E-state index contributed by atoms with van der Waals surface area (Å²) in [5, 5.41) is 9.34. The molecule has 0 saturated heterocycles. The van der Waals surface area contributed by atoms with E-state index in [-0.39, 0.29) is 17.8 Å². The number of nitrogens with one attached hydrogen (secondary N) is 1. The van der Waals surface area contributed by atoms with Gasteiger partial charge in [0.15, 0.2) is 11.5 Å². The Morgan fingerprint density at radius 3 is 2.34 bits per heavy atom. The standard InChI is InChI=1S/C21H20F4N2O5/c1-12-10-21(2,26-32-12)11-27(14-5-3-4-13(8-14)18(28)29)15-6-7-16(30-19(22)23)17(9-15)31-20(24)25/h3-10,19-20,26H,11H2,1-2H3,(H,28,29). The Bertz CT molecular complexity index is 1020. The van der Waals surface area contributed by atoms with Crippen LogP contribution in [0, 0.1) is 0 Å². The van der Waals surface area contributed by atoms with Gasteiger partial charge in [-0.3, -0.25) is 0 Å². The molecule has 0 bridgehead atoms. The average molecular weight is 456 g/mol. The Labute approximate surface area is 180 Å². The van der Waals surface area contributed by atoms with Gasteiger partial charge in [-0.1, -0.05) is 6.07 Å². The van der Waals surface area contributed by atoms with E-state index in [9.17, 15) is 27.5 Å². The fourth-order valence-electron chi connectivity index (χ4n) is 3.30. The van der Waals surface area contributed by atoms with Crippen molar-refractivity contribution in [2.24, 2.45) is 0 Å². The summed E-state index contributed by atoms with van der Waals surface area (Å²) in [5.74, 6) is -1.70. The normalized spacial score (nSPS) is 17.8. The van der Waals surface area contributed by atoms with Gasteiger partial charge >= 0.3 is 19.2 Å². The number of hydroxylamine groups is 1. The molecule has 11 heteroatoms. The van der Waals surface area contributed by atoms with Crippen molar-refractivity contribution in [3.8, 4) is 11.5 Å². The van der Waals surface area contributed by atoms with Gasteiger partial charge in [-0.15, -0.1) is 5.48 Å². The maximum atomic E-state index is 12.9. The maximum absolute atomic E-state index is 12.9. The molecule has 172 valence electrons. The van der Waals surface area contributed by atoms with Crippen LogP contribution in [0.15, 0.2) is 54.3 Å². The van der Waals surface area contributed by atoms with Crippen molar-refractivity contribution >= 4 is 17.3 Å². The third-order valence-electron chi connectivity index (χ3n) is 4.53. The van der Waals surface area contributed by atoms with E-state index >= 15 is 0 Å². The molecule has 0 spiro atoms. The van der Waals surface area contributed by atoms with Gasteiger partial charge in [-0.25, -0.2) is 4.79 Å². The van der Waals surface area contributed by atoms with Crippen LogP contribution in [0.25, 0.3) is 0 Å². The monoisotopic (exact) mass is 456 g/mol. The van der Waals surface area contributed by atoms with Crippen molar-refractivity contribution in [3.05, 3.63) is 59.9 Å². The first-order valence-electron chi connectivity index (χ1n) is 9.34. The Morgan fingerprint density at radius 2 is 1.75 bits per heavy atom. The quantitative estimate of drug-likeness (QED) is 0.519. The summed E-state index contributed by atoms with van der Waals surface area (Å²) in [7, 11) is 0. The number of ether oxygens (including phenoxy) is 2. The number of rotatable bonds is 9. The van der Waals surface area contributed by atoms with Crippen LogP contribution < -0.4 is 19.9 Å². The van der Waals surface area contributed by atoms with E-state index in [1.54, 1.807) is 24.0 Å². The van der Waals surface area contributed by atoms with E-state index in [0.29, 0.717) is 11.4 Å². The fourth-order valence-corrected chi connectivity index (χ4v) is 3.30. The van der Waals surface area contributed by atoms with E-state index in [1.807, 2.05) is 6.92 Å². The predicted molar refractivity (Wildman–Crippen MR) is 106 cm³/mol. The number of aromatic carboxylic acids is 1. The van der Waals surface area contributed by atoms with Crippen LogP contribution in [0.4, 0.5) is 28.9 Å². The van der Waals surface area contributed by atoms with Crippen molar-refractivity contribution in [2.45, 2.75) is 32.6 Å². The number of carboxylic acid groups (broad SMARTS) is 1. The van der Waals surface area contributed by atoms with Crippen molar-refractivity contribution in [2.75, 3.05) is 11.4 Å². The van der Waals surface area contributed by atoms with Gasteiger partial charge < -0.3 is 24.3 Å². The zero-order chi connectivity index (χ0) is 23.5. The lowest BCUT2D eigenvalue weighted by molar-refractivity contribution is -0.0692. The van der Waals surface area contributed by atoms with Gasteiger partial charge in [0.25, 0.3) is 0 Å². The number of hydrogen-bond donors (Lipinski definition) is 2. The topological polar surface area (TPSA) is 80.3 Å². The molecule has 1 aliphatic heterocycles. The average Bonchev–Trinajstić information content (AvgIpc) is 3.05. The van der Waals surface area contributed by atoms with Crippen molar-refractivity contribution in [3.63, 3.8) is 0 Å². The first kappa shape index (κ1) is 23.2. The number of alkyl halides is 4. The molecule has 0 radical (unpaired) electrons. The molecule has 0 fully saturated rings. The molecule has 1 unspecified atom stereocenters. The highest BCUT2D eigenvalue weighted by Crippen LogP contribution is 2.38. The summed E-state index contributed by atoms with van der Waals surface area (Å²) in [5.41, 5.74) is 2.79. The lowest BCUT2D eigenvalue weighted by Gasteiger charge is -2.33. The highest BCUT2D eigenvalue weighted by Gasteiger charge is 2.32. The Morgan fingerprint density at radius 1 is 1.09 bits per heavy atom. The molecule has 3 rings (SSSR count). The zero-order valence-corrected chi connectivity index (χ0v) is 17.0. The molecule has 2 aromatic rings. The number of allylic oxidation sites excluding steroid dienone is 1. The van der Waals surface area contributed by atoms with E-state index in [1.165, 1.54) is 24.3 Å². The summed E-state index contributed by atoms with van der Waals surface area (Å²) in [6.45, 7) is -2.81. The Balaban J connectivity index is 2.08. The second kappa shape index (κ2) is 9.35. The summed E-state index contributed by atoms with van der Waals surface area (Å²) >= 11 is 0. The summed E-state index contributed by atoms with van der Waals surface area (Å²) < 4.78 is 59.8. The van der Waals surface area contributed by atoms with Crippen LogP contribution >= 0.6 is 0 Å². The first-order valence-corrected chi connectivity index (χ1v) is 9.34. The predicted octanol–water partition coefficient (Wildman–Crippen LogP) is 4.92. The fraction of sp³-hybridized carbons (Fsp3) is 0.286. The van der Waals surface area contributed by atoms with E-state index in [2.05, 4.69) is 15.0 Å². The van der Waals surface area contributed by atoms with Crippen molar-refractivity contribution < 1.29 is 41.8 Å². The third kappa shape index (κ3) is 5.61. The number of anilines is 2. The van der Waals surface area contributed by atoms with Crippen molar-refractivity contribution in [1.29, 1.82) is 0 Å². The molecule has 32 heavy (non-hydrogen) atoms. The van der Waals surface area contributed by atoms with Crippen LogP contribution in [-0.4, -0.2) is 36.4 Å². The molecule has 7 nitrogen and oxygen atoms in total. The summed E-state index contributed by atoms with van der Waals surface area (Å²) in [4.78, 5) is 18.4. The van der Waals surface area contributed by atoms with Gasteiger partial charge in [0.2, 0.25) is 0 Å². The third-order valence-corrected chi connectivity index (χ3v) is 4.53. The highest BCUT2D eigenvalue weighted by atomic mass is 19.3. The first-order chi connectivity index (χ1) is 15.1. The minimum absolute atomic E-state index is 0.00159. The maximum Gasteiger partial charge on any atom is 0.387 e. The Hall–Kier alpha value is -3.47. The van der Waals surface area contributed by atoms with Gasteiger partial charge in [0.1, 0.15) is 5.76 Å². The highest BCUT2D eigenvalue weighted by molar-refractivity contribution is 5.89. The minimum Gasteiger partial charge on any atom is -0.478 e. The molecule has 2 aromatic carbocycles. The smallest absolute Gasteiger partial charge is 0.387 e. The molecule has 1 heterocycles. The lowest BCUT2D eigenvalue weighted by atomic mass is 10.0. The van der Waals surface area contributed by atoms with Crippen LogP contribution in [0.3, 0.4) is 0 Å². The molecular formula is C21H20F4N2O5. The molecule has 0 aliphatic carbocycles. The number of halogens is 4. The summed E-state index contributed by atoms with van der Waals surface area (Å²) in [6, 6.07) is 9.52. The SMILES string of the molecule is CC1=CC(C)(CN(c2cccc(C(=O)O)c2)c2ccc(OC(F)F)c(OC(F)F)c2)NO1. The largest absolute Gasteiger partial charge is 0.478 e. The van der Waals surface area contributed by atoms with Crippen molar-refractivity contribution in [1.82, 2.24) is 5.48 Å². The molecule has 2 N–H and O–H groups in total. The molecule has 0 amide bonds. The minimum atomic E-state index is -3.28. The molecule has 0 aromatic heterocycles. The van der Waals surface area contributed by atoms with Gasteiger partial charge in [-0.05, 0) is 50.3 Å². The van der Waals surface area contributed by atoms with Crippen LogP contribution in [0.5, 0.6) is 11.5 Å². The number of benzene rings is 2. The van der Waals surface area contributed by atoms with E-state index < -0.39 is 36.2 Å². The lowest BCUT2D eigenvalue weighted by Crippen LogP contribution is -2.45. The Kier molecular flexibility index (Phi) is 6.78. The number of carbonyl (C=O) groups is 1. The van der Waals surface area contributed by atoms with E-state index in [0.717, 1.165) is 12.1 Å². The van der Waals surface area contributed by atoms with Gasteiger partial charge in [0.05, 0.1) is 11.1 Å². The second-order valence-electron chi connectivity index (χ2n) is 7.21. The summed E-state index contributed by atoms with van der Waals surface area (Å²) in [6.07, 6.45) is 1.80. The molecule has 1 atom stereocenters. The molecule has 0 saturated carbocycles.